The molecular weight excluding hydrogens is 583 g/mol. The number of aromatic nitrogens is 3. The molecule has 0 spiro atoms. The van der Waals surface area contributed by atoms with Gasteiger partial charge in [-0.05, 0) is 71.4 Å². The third-order valence-corrected chi connectivity index (χ3v) is 9.64. The largest absolute Gasteiger partial charge is 0.309 e. The van der Waals surface area contributed by atoms with Crippen molar-refractivity contribution in [1.29, 1.82) is 0 Å². The quantitative estimate of drug-likeness (QED) is 0.194. The van der Waals surface area contributed by atoms with Crippen LogP contribution in [0, 0.1) is 0 Å². The Balaban J connectivity index is 1.29. The Labute approximate surface area is 277 Å². The lowest BCUT2D eigenvalue weighted by atomic mass is 10.0. The van der Waals surface area contributed by atoms with Crippen molar-refractivity contribution in [2.45, 2.75) is 0 Å². The summed E-state index contributed by atoms with van der Waals surface area (Å²) in [4.78, 5) is 5.17. The molecule has 0 unspecified atom stereocenters. The predicted molar refractivity (Wildman–Crippen MR) is 201 cm³/mol. The second-order valence-electron chi connectivity index (χ2n) is 12.5. The van der Waals surface area contributed by atoms with Gasteiger partial charge in [-0.2, -0.15) is 0 Å². The van der Waals surface area contributed by atoms with Gasteiger partial charge in [-0.3, -0.25) is 0 Å². The zero-order valence-electron chi connectivity index (χ0n) is 26.1. The van der Waals surface area contributed by atoms with Crippen LogP contribution in [0.2, 0.25) is 0 Å². The summed E-state index contributed by atoms with van der Waals surface area (Å²) in [5.41, 5.74) is 11.1. The number of rotatable bonds is 4. The SMILES string of the molecule is c1ccc(-c2cc(-n3c4ccccc4c4cc5cc6c(cc5cc43)c3ccccc3n6-c3ccccc3)cc(-c3ccccc3)n2)cc1. The van der Waals surface area contributed by atoms with Gasteiger partial charge in [0.25, 0.3) is 0 Å². The van der Waals surface area contributed by atoms with Crippen molar-refractivity contribution < 1.29 is 0 Å². The maximum absolute atomic E-state index is 5.17. The minimum absolute atomic E-state index is 0.953. The van der Waals surface area contributed by atoms with Gasteiger partial charge in [0.2, 0.25) is 0 Å². The first-order valence-corrected chi connectivity index (χ1v) is 16.4. The second-order valence-corrected chi connectivity index (χ2v) is 12.5. The van der Waals surface area contributed by atoms with Crippen molar-refractivity contribution >= 4 is 54.4 Å². The van der Waals surface area contributed by atoms with E-state index in [1.807, 2.05) is 0 Å². The first-order valence-electron chi connectivity index (χ1n) is 16.4. The molecule has 0 amide bonds. The molecule has 0 radical (unpaired) electrons. The summed E-state index contributed by atoms with van der Waals surface area (Å²) in [6.45, 7) is 0. The van der Waals surface area contributed by atoms with E-state index in [4.69, 9.17) is 4.98 Å². The van der Waals surface area contributed by atoms with E-state index in [1.54, 1.807) is 0 Å². The van der Waals surface area contributed by atoms with Crippen molar-refractivity contribution in [3.63, 3.8) is 0 Å². The Morgan fingerprint density at radius 2 is 0.729 bits per heavy atom. The summed E-state index contributed by atoms with van der Waals surface area (Å²) >= 11 is 0. The molecule has 3 nitrogen and oxygen atoms in total. The van der Waals surface area contributed by atoms with Crippen LogP contribution < -0.4 is 0 Å². The van der Waals surface area contributed by atoms with Gasteiger partial charge in [-0.25, -0.2) is 4.98 Å². The van der Waals surface area contributed by atoms with Crippen LogP contribution in [0.4, 0.5) is 0 Å². The summed E-state index contributed by atoms with van der Waals surface area (Å²) < 4.78 is 4.81. The Hall–Kier alpha value is -6.45. The van der Waals surface area contributed by atoms with Crippen molar-refractivity contribution in [3.05, 3.63) is 176 Å². The number of para-hydroxylation sites is 3. The van der Waals surface area contributed by atoms with E-state index >= 15 is 0 Å². The maximum Gasteiger partial charge on any atom is 0.0730 e. The second kappa shape index (κ2) is 10.5. The molecule has 3 heteroatoms. The molecule has 3 heterocycles. The molecule has 3 aromatic heterocycles. The van der Waals surface area contributed by atoms with Crippen LogP contribution in [-0.4, -0.2) is 14.1 Å². The number of pyridine rings is 1. The first-order chi connectivity index (χ1) is 23.8. The molecular formula is C45H29N3. The molecule has 10 aromatic rings. The number of fused-ring (bicyclic) bond motifs is 7. The molecule has 0 atom stereocenters. The number of hydrogen-bond donors (Lipinski definition) is 0. The lowest BCUT2D eigenvalue weighted by Gasteiger charge is -2.13. The number of hydrogen-bond acceptors (Lipinski definition) is 1. The fourth-order valence-corrected chi connectivity index (χ4v) is 7.47. The van der Waals surface area contributed by atoms with Crippen LogP contribution in [0.15, 0.2) is 176 Å². The highest BCUT2D eigenvalue weighted by molar-refractivity contribution is 6.18. The lowest BCUT2D eigenvalue weighted by Crippen LogP contribution is -1.98. The van der Waals surface area contributed by atoms with E-state index in [0.717, 1.165) is 28.2 Å². The predicted octanol–water partition coefficient (Wildman–Crippen LogP) is 11.8. The van der Waals surface area contributed by atoms with Gasteiger partial charge < -0.3 is 9.13 Å². The third kappa shape index (κ3) is 4.11. The van der Waals surface area contributed by atoms with Gasteiger partial charge in [0.1, 0.15) is 0 Å². The van der Waals surface area contributed by atoms with Crippen LogP contribution >= 0.6 is 0 Å². The standard InChI is InChI=1S/C45H29N3/c1-4-14-30(15-5-1)40-28-35(29-41(46-40)31-16-6-2-7-17-31)48-43-23-13-11-21-37(43)39-25-32-26-44-38(24-33(32)27-45(39)48)36-20-10-12-22-42(36)47(44)34-18-8-3-9-19-34/h1-29H. The molecule has 224 valence electrons. The molecule has 10 rings (SSSR count). The fraction of sp³-hybridized carbons (Fsp3) is 0. The fourth-order valence-electron chi connectivity index (χ4n) is 7.47. The lowest BCUT2D eigenvalue weighted by molar-refractivity contribution is 1.16. The van der Waals surface area contributed by atoms with Crippen LogP contribution in [0.5, 0.6) is 0 Å². The Kier molecular flexibility index (Phi) is 5.87. The van der Waals surface area contributed by atoms with E-state index in [9.17, 15) is 0 Å². The van der Waals surface area contributed by atoms with E-state index in [2.05, 4.69) is 185 Å². The van der Waals surface area contributed by atoms with Gasteiger partial charge in [0.05, 0.1) is 39.1 Å². The molecule has 0 saturated carbocycles. The van der Waals surface area contributed by atoms with Gasteiger partial charge in [0, 0.05) is 38.4 Å². The molecule has 7 aromatic carbocycles. The van der Waals surface area contributed by atoms with Gasteiger partial charge in [-0.15, -0.1) is 0 Å². The van der Waals surface area contributed by atoms with E-state index in [1.165, 1.54) is 60.1 Å². The van der Waals surface area contributed by atoms with Gasteiger partial charge >= 0.3 is 0 Å². The van der Waals surface area contributed by atoms with Crippen molar-refractivity contribution in [2.75, 3.05) is 0 Å². The highest BCUT2D eigenvalue weighted by atomic mass is 15.0. The third-order valence-electron chi connectivity index (χ3n) is 9.64. The van der Waals surface area contributed by atoms with Crippen LogP contribution in [0.3, 0.4) is 0 Å². The summed E-state index contributed by atoms with van der Waals surface area (Å²) in [6, 6.07) is 63.1. The average molecular weight is 612 g/mol. The molecule has 0 aliphatic heterocycles. The van der Waals surface area contributed by atoms with E-state index in [-0.39, 0.29) is 0 Å². The number of benzene rings is 7. The minimum Gasteiger partial charge on any atom is -0.309 e. The molecule has 0 saturated heterocycles. The summed E-state index contributed by atoms with van der Waals surface area (Å²) in [5, 5.41) is 7.42. The molecule has 0 fully saturated rings. The van der Waals surface area contributed by atoms with Crippen LogP contribution in [-0.2, 0) is 0 Å². The Morgan fingerprint density at radius 3 is 1.23 bits per heavy atom. The molecule has 0 bridgehead atoms. The van der Waals surface area contributed by atoms with Crippen LogP contribution in [0.1, 0.15) is 0 Å². The topological polar surface area (TPSA) is 22.8 Å². The Morgan fingerprint density at radius 1 is 0.312 bits per heavy atom. The minimum atomic E-state index is 0.953. The van der Waals surface area contributed by atoms with Crippen molar-refractivity contribution in [1.82, 2.24) is 14.1 Å². The van der Waals surface area contributed by atoms with Gasteiger partial charge in [0.15, 0.2) is 0 Å². The Bertz CT molecular complexity index is 2750. The maximum atomic E-state index is 5.17. The molecule has 48 heavy (non-hydrogen) atoms. The van der Waals surface area contributed by atoms with E-state index in [0.29, 0.717) is 0 Å². The summed E-state index contributed by atoms with van der Waals surface area (Å²) in [5.74, 6) is 0. The average Bonchev–Trinajstić information content (AvgIpc) is 3.65. The molecule has 0 aliphatic carbocycles. The summed E-state index contributed by atoms with van der Waals surface area (Å²) in [6.07, 6.45) is 0. The van der Waals surface area contributed by atoms with Gasteiger partial charge in [-0.1, -0.05) is 115 Å². The van der Waals surface area contributed by atoms with Crippen molar-refractivity contribution in [2.24, 2.45) is 0 Å². The smallest absolute Gasteiger partial charge is 0.0730 e. The molecule has 0 aliphatic rings. The van der Waals surface area contributed by atoms with Crippen LogP contribution in [0.25, 0.3) is 88.3 Å². The number of nitrogens with zero attached hydrogens (tertiary/aromatic N) is 3. The first kappa shape index (κ1) is 26.7. The zero-order chi connectivity index (χ0) is 31.6. The highest BCUT2D eigenvalue weighted by Crippen LogP contribution is 2.40. The van der Waals surface area contributed by atoms with Crippen molar-refractivity contribution in [3.8, 4) is 33.9 Å². The zero-order valence-corrected chi connectivity index (χ0v) is 26.1. The molecule has 0 N–H and O–H groups in total. The van der Waals surface area contributed by atoms with E-state index < -0.39 is 0 Å². The summed E-state index contributed by atoms with van der Waals surface area (Å²) in [7, 11) is 0. The highest BCUT2D eigenvalue weighted by Gasteiger charge is 2.18. The normalized spacial score (nSPS) is 11.8. The monoisotopic (exact) mass is 611 g/mol.